The van der Waals surface area contributed by atoms with Gasteiger partial charge < -0.3 is 4.57 Å². The van der Waals surface area contributed by atoms with Crippen LogP contribution in [-0.4, -0.2) is 10.8 Å². The quantitative estimate of drug-likeness (QED) is 0.632. The van der Waals surface area contributed by atoms with Gasteiger partial charge in [0.15, 0.2) is 0 Å². The number of aromatic nitrogens is 1. The van der Waals surface area contributed by atoms with Crippen molar-refractivity contribution >= 4 is 27.8 Å². The van der Waals surface area contributed by atoms with Gasteiger partial charge in [0.25, 0.3) is 0 Å². The van der Waals surface area contributed by atoms with E-state index in [4.69, 9.17) is 0 Å². The van der Waals surface area contributed by atoms with Gasteiger partial charge in [-0.3, -0.25) is 4.99 Å². The molecule has 0 amide bonds. The maximum atomic E-state index is 4.60. The largest absolute Gasteiger partial charge is 0.345 e. The minimum atomic E-state index is 0.694. The summed E-state index contributed by atoms with van der Waals surface area (Å²) < 4.78 is 3.59. The second-order valence-electron chi connectivity index (χ2n) is 5.87. The number of hydrogen-bond donors (Lipinski definition) is 0. The molecule has 1 fully saturated rings. The maximum Gasteiger partial charge on any atom is 0.0630 e. The minimum absolute atomic E-state index is 0.694. The van der Waals surface area contributed by atoms with E-state index in [9.17, 15) is 0 Å². The van der Waals surface area contributed by atoms with E-state index in [0.717, 1.165) is 10.2 Å². The first-order chi connectivity index (χ1) is 10.1. The lowest BCUT2D eigenvalue weighted by Gasteiger charge is -2.17. The van der Waals surface area contributed by atoms with E-state index in [1.54, 1.807) is 0 Å². The summed E-state index contributed by atoms with van der Waals surface area (Å²) in [5.74, 6) is 0. The molecule has 0 saturated heterocycles. The summed E-state index contributed by atoms with van der Waals surface area (Å²) in [7, 11) is 0. The molecule has 110 valence electrons. The van der Waals surface area contributed by atoms with Gasteiger partial charge in [-0.15, -0.1) is 0 Å². The molecule has 3 heteroatoms. The van der Waals surface area contributed by atoms with Gasteiger partial charge in [0.2, 0.25) is 0 Å². The summed E-state index contributed by atoms with van der Waals surface area (Å²) in [6.45, 7) is 4.43. The lowest BCUT2D eigenvalue weighted by molar-refractivity contribution is 0.500. The lowest BCUT2D eigenvalue weighted by Crippen LogP contribution is -2.08. The summed E-state index contributed by atoms with van der Waals surface area (Å²) in [6.07, 6.45) is 7.37. The van der Waals surface area contributed by atoms with Crippen molar-refractivity contribution in [2.75, 3.05) is 0 Å². The molecule has 2 aromatic rings. The summed E-state index contributed by atoms with van der Waals surface area (Å²) in [5, 5.41) is 0. The van der Waals surface area contributed by atoms with Crippen LogP contribution in [0.15, 0.2) is 39.8 Å². The Morgan fingerprint density at radius 1 is 1.14 bits per heavy atom. The van der Waals surface area contributed by atoms with Gasteiger partial charge in [-0.2, -0.15) is 0 Å². The van der Waals surface area contributed by atoms with Crippen LogP contribution in [0.3, 0.4) is 0 Å². The summed E-state index contributed by atoms with van der Waals surface area (Å²) >= 11 is 3.45. The smallest absolute Gasteiger partial charge is 0.0630 e. The number of benzene rings is 1. The van der Waals surface area contributed by atoms with Crippen molar-refractivity contribution in [3.8, 4) is 0 Å². The van der Waals surface area contributed by atoms with E-state index in [0.29, 0.717) is 6.04 Å². The van der Waals surface area contributed by atoms with Crippen LogP contribution in [0.2, 0.25) is 0 Å². The zero-order chi connectivity index (χ0) is 14.8. The Kier molecular flexibility index (Phi) is 4.29. The zero-order valence-electron chi connectivity index (χ0n) is 12.6. The number of halogens is 1. The molecule has 0 N–H and O–H groups in total. The fraction of sp³-hybridized carbons (Fsp3) is 0.389. The Morgan fingerprint density at radius 2 is 1.81 bits per heavy atom. The predicted molar refractivity (Wildman–Crippen MR) is 92.8 cm³/mol. The van der Waals surface area contributed by atoms with Gasteiger partial charge in [0.1, 0.15) is 0 Å². The van der Waals surface area contributed by atoms with Gasteiger partial charge in [0.05, 0.1) is 5.69 Å². The predicted octanol–water partition coefficient (Wildman–Crippen LogP) is 5.73. The second-order valence-corrected chi connectivity index (χ2v) is 6.79. The van der Waals surface area contributed by atoms with E-state index in [1.807, 2.05) is 30.5 Å². The van der Waals surface area contributed by atoms with E-state index >= 15 is 0 Å². The van der Waals surface area contributed by atoms with Crippen molar-refractivity contribution in [2.45, 2.75) is 45.6 Å². The molecule has 3 rings (SSSR count). The normalized spacial score (nSPS) is 16.1. The number of rotatable bonds is 3. The monoisotopic (exact) mass is 344 g/mol. The number of aliphatic imine (C=N–C) groups is 1. The van der Waals surface area contributed by atoms with Crippen molar-refractivity contribution < 1.29 is 0 Å². The Labute approximate surface area is 135 Å². The highest BCUT2D eigenvalue weighted by molar-refractivity contribution is 9.10. The van der Waals surface area contributed by atoms with Gasteiger partial charge in [-0.1, -0.05) is 28.8 Å². The summed E-state index contributed by atoms with van der Waals surface area (Å²) in [4.78, 5) is 4.60. The van der Waals surface area contributed by atoms with Crippen LogP contribution in [0.4, 0.5) is 5.69 Å². The van der Waals surface area contributed by atoms with Crippen molar-refractivity contribution in [3.05, 3.63) is 51.8 Å². The third-order valence-electron chi connectivity index (χ3n) is 4.39. The highest BCUT2D eigenvalue weighted by Crippen LogP contribution is 2.33. The van der Waals surface area contributed by atoms with Crippen LogP contribution in [0.25, 0.3) is 0 Å². The van der Waals surface area contributed by atoms with E-state index in [-0.39, 0.29) is 0 Å². The number of hydrogen-bond acceptors (Lipinski definition) is 1. The van der Waals surface area contributed by atoms with E-state index < -0.39 is 0 Å². The highest BCUT2D eigenvalue weighted by Gasteiger charge is 2.20. The standard InChI is InChI=1S/C18H21BrN2/c1-13-11-15(12-20-17-9-7-16(19)8-10-17)14(2)21(13)18-5-3-4-6-18/h7-12,18H,3-6H2,1-2H3. The average Bonchev–Trinajstić information content (AvgIpc) is 3.07. The van der Waals surface area contributed by atoms with Crippen molar-refractivity contribution in [1.82, 2.24) is 4.57 Å². The molecule has 1 aliphatic rings. The SMILES string of the molecule is Cc1cc(C=Nc2ccc(Br)cc2)c(C)n1C1CCCC1. The van der Waals surface area contributed by atoms with Gasteiger partial charge in [-0.25, -0.2) is 0 Å². The molecule has 0 bridgehead atoms. The number of aryl methyl sites for hydroxylation is 1. The molecule has 2 nitrogen and oxygen atoms in total. The maximum absolute atomic E-state index is 4.60. The molecule has 1 aliphatic carbocycles. The van der Waals surface area contributed by atoms with E-state index in [1.165, 1.54) is 42.6 Å². The highest BCUT2D eigenvalue weighted by atomic mass is 79.9. The van der Waals surface area contributed by atoms with Crippen LogP contribution in [0.5, 0.6) is 0 Å². The van der Waals surface area contributed by atoms with Crippen LogP contribution in [0.1, 0.15) is 48.7 Å². The Morgan fingerprint density at radius 3 is 2.48 bits per heavy atom. The first-order valence-corrected chi connectivity index (χ1v) is 8.42. The third kappa shape index (κ3) is 3.13. The van der Waals surface area contributed by atoms with Gasteiger partial charge >= 0.3 is 0 Å². The van der Waals surface area contributed by atoms with Gasteiger partial charge in [0, 0.05) is 33.7 Å². The molecule has 0 spiro atoms. The molecule has 1 heterocycles. The van der Waals surface area contributed by atoms with E-state index in [2.05, 4.69) is 45.4 Å². The van der Waals surface area contributed by atoms with Crippen molar-refractivity contribution in [3.63, 3.8) is 0 Å². The molecule has 1 aromatic heterocycles. The molecule has 0 atom stereocenters. The molecule has 0 unspecified atom stereocenters. The van der Waals surface area contributed by atoms with Crippen LogP contribution < -0.4 is 0 Å². The Hall–Kier alpha value is -1.35. The third-order valence-corrected chi connectivity index (χ3v) is 4.92. The zero-order valence-corrected chi connectivity index (χ0v) is 14.2. The average molecular weight is 345 g/mol. The van der Waals surface area contributed by atoms with Crippen molar-refractivity contribution in [2.24, 2.45) is 4.99 Å². The van der Waals surface area contributed by atoms with Crippen LogP contribution in [0, 0.1) is 13.8 Å². The van der Waals surface area contributed by atoms with Crippen LogP contribution in [-0.2, 0) is 0 Å². The first kappa shape index (κ1) is 14.6. The first-order valence-electron chi connectivity index (χ1n) is 7.63. The molecule has 1 aromatic carbocycles. The van der Waals surface area contributed by atoms with Gasteiger partial charge in [-0.05, 0) is 57.0 Å². The topological polar surface area (TPSA) is 17.3 Å². The summed E-state index contributed by atoms with van der Waals surface area (Å²) in [6, 6.07) is 11.0. The Balaban J connectivity index is 1.85. The molecular formula is C18H21BrN2. The summed E-state index contributed by atoms with van der Waals surface area (Å²) in [5.41, 5.74) is 4.93. The van der Waals surface area contributed by atoms with Crippen LogP contribution >= 0.6 is 15.9 Å². The molecular weight excluding hydrogens is 324 g/mol. The lowest BCUT2D eigenvalue weighted by atomic mass is 10.2. The Bertz CT molecular complexity index is 647. The molecule has 0 radical (unpaired) electrons. The van der Waals surface area contributed by atoms with Crippen molar-refractivity contribution in [1.29, 1.82) is 0 Å². The second kappa shape index (κ2) is 6.18. The minimum Gasteiger partial charge on any atom is -0.345 e. The number of nitrogens with zero attached hydrogens (tertiary/aromatic N) is 2. The fourth-order valence-electron chi connectivity index (χ4n) is 3.33. The molecule has 21 heavy (non-hydrogen) atoms. The fourth-order valence-corrected chi connectivity index (χ4v) is 3.59. The molecule has 1 saturated carbocycles. The molecule has 0 aliphatic heterocycles.